The minimum atomic E-state index is 0.672. The van der Waals surface area contributed by atoms with Crippen LogP contribution in [-0.4, -0.2) is 37.1 Å². The lowest BCUT2D eigenvalue weighted by Crippen LogP contribution is -2.34. The van der Waals surface area contributed by atoms with Crippen LogP contribution in [0.5, 0.6) is 0 Å². The lowest BCUT2D eigenvalue weighted by molar-refractivity contribution is 0.224. The maximum Gasteiger partial charge on any atom is 0.0190 e. The molecule has 0 aromatic rings. The number of nitrogens with one attached hydrogen (secondary N) is 1. The van der Waals surface area contributed by atoms with Crippen LogP contribution < -0.4 is 5.32 Å². The highest BCUT2D eigenvalue weighted by atomic mass is 15.1. The number of likely N-dealkylation sites (N-methyl/N-ethyl adjacent to an activating group) is 1. The molecule has 2 nitrogen and oxygen atoms in total. The van der Waals surface area contributed by atoms with Crippen LogP contribution in [0, 0.1) is 0 Å². The smallest absolute Gasteiger partial charge is 0.0190 e. The minimum Gasteiger partial charge on any atom is -0.317 e. The third kappa shape index (κ3) is 7.57. The van der Waals surface area contributed by atoms with E-state index in [-0.39, 0.29) is 0 Å². The molecule has 0 aliphatic carbocycles. The average Bonchev–Trinajstić information content (AvgIpc) is 2.20. The fraction of sp³-hybridized carbons (Fsp3) is 0.846. The van der Waals surface area contributed by atoms with Crippen molar-refractivity contribution in [2.75, 3.05) is 26.2 Å². The van der Waals surface area contributed by atoms with Crippen LogP contribution in [0.4, 0.5) is 0 Å². The van der Waals surface area contributed by atoms with E-state index in [0.29, 0.717) is 6.04 Å². The molecule has 0 saturated carbocycles. The highest BCUT2D eigenvalue weighted by Crippen LogP contribution is 2.07. The zero-order valence-corrected chi connectivity index (χ0v) is 11.0. The summed E-state index contributed by atoms with van der Waals surface area (Å²) in [6.07, 6.45) is 2.54. The second-order valence-electron chi connectivity index (χ2n) is 4.37. The first kappa shape index (κ1) is 14.7. The SMILES string of the molecule is C=C(C)CN(CC)C(C)CCCNCC. The Labute approximate surface area is 95.7 Å². The van der Waals surface area contributed by atoms with Gasteiger partial charge in [0.25, 0.3) is 0 Å². The maximum atomic E-state index is 3.98. The molecular formula is C13H28N2. The van der Waals surface area contributed by atoms with Crippen molar-refractivity contribution in [2.24, 2.45) is 0 Å². The molecule has 90 valence electrons. The van der Waals surface area contributed by atoms with Gasteiger partial charge in [-0.15, -0.1) is 0 Å². The molecule has 0 amide bonds. The van der Waals surface area contributed by atoms with Gasteiger partial charge in [-0.25, -0.2) is 0 Å². The van der Waals surface area contributed by atoms with Crippen molar-refractivity contribution in [1.82, 2.24) is 10.2 Å². The van der Waals surface area contributed by atoms with E-state index >= 15 is 0 Å². The lowest BCUT2D eigenvalue weighted by Gasteiger charge is -2.28. The van der Waals surface area contributed by atoms with E-state index in [1.165, 1.54) is 18.4 Å². The van der Waals surface area contributed by atoms with Crippen LogP contribution in [0.15, 0.2) is 12.2 Å². The lowest BCUT2D eigenvalue weighted by atomic mass is 10.1. The Morgan fingerprint density at radius 2 is 2.07 bits per heavy atom. The first-order valence-corrected chi connectivity index (χ1v) is 6.20. The van der Waals surface area contributed by atoms with Gasteiger partial charge in [-0.05, 0) is 46.3 Å². The summed E-state index contributed by atoms with van der Waals surface area (Å²) in [4.78, 5) is 2.49. The van der Waals surface area contributed by atoms with Crippen LogP contribution >= 0.6 is 0 Å². The number of hydrogen-bond acceptors (Lipinski definition) is 2. The van der Waals surface area contributed by atoms with Crippen molar-refractivity contribution < 1.29 is 0 Å². The number of rotatable bonds is 9. The van der Waals surface area contributed by atoms with Gasteiger partial charge in [0.2, 0.25) is 0 Å². The molecule has 15 heavy (non-hydrogen) atoms. The predicted molar refractivity (Wildman–Crippen MR) is 69.3 cm³/mol. The van der Waals surface area contributed by atoms with Gasteiger partial charge in [0.05, 0.1) is 0 Å². The van der Waals surface area contributed by atoms with E-state index in [9.17, 15) is 0 Å². The summed E-state index contributed by atoms with van der Waals surface area (Å²) in [5.41, 5.74) is 1.26. The Balaban J connectivity index is 3.72. The van der Waals surface area contributed by atoms with Crippen molar-refractivity contribution in [3.05, 3.63) is 12.2 Å². The van der Waals surface area contributed by atoms with Crippen molar-refractivity contribution in [2.45, 2.75) is 46.6 Å². The topological polar surface area (TPSA) is 15.3 Å². The van der Waals surface area contributed by atoms with Gasteiger partial charge in [0, 0.05) is 12.6 Å². The molecule has 1 N–H and O–H groups in total. The van der Waals surface area contributed by atoms with E-state index in [0.717, 1.165) is 26.2 Å². The van der Waals surface area contributed by atoms with Gasteiger partial charge in [-0.2, -0.15) is 0 Å². The largest absolute Gasteiger partial charge is 0.317 e. The summed E-state index contributed by atoms with van der Waals surface area (Å²) in [5, 5.41) is 3.37. The molecule has 0 radical (unpaired) electrons. The molecule has 0 heterocycles. The second kappa shape index (κ2) is 8.93. The van der Waals surface area contributed by atoms with Crippen molar-refractivity contribution >= 4 is 0 Å². The van der Waals surface area contributed by atoms with Crippen LogP contribution in [0.3, 0.4) is 0 Å². The molecule has 0 rings (SSSR count). The van der Waals surface area contributed by atoms with Crippen molar-refractivity contribution in [3.63, 3.8) is 0 Å². The summed E-state index contributed by atoms with van der Waals surface area (Å²) in [6.45, 7) is 17.2. The highest BCUT2D eigenvalue weighted by molar-refractivity contribution is 4.92. The van der Waals surface area contributed by atoms with E-state index in [1.807, 2.05) is 0 Å². The summed E-state index contributed by atoms with van der Waals surface area (Å²) >= 11 is 0. The fourth-order valence-corrected chi connectivity index (χ4v) is 1.81. The Bertz CT molecular complexity index is 166. The van der Waals surface area contributed by atoms with E-state index in [2.05, 4.69) is 44.5 Å². The van der Waals surface area contributed by atoms with E-state index in [1.54, 1.807) is 0 Å². The molecule has 0 aromatic heterocycles. The molecular weight excluding hydrogens is 184 g/mol. The Morgan fingerprint density at radius 3 is 2.53 bits per heavy atom. The molecule has 0 aromatic carbocycles. The highest BCUT2D eigenvalue weighted by Gasteiger charge is 2.10. The number of hydrogen-bond donors (Lipinski definition) is 1. The van der Waals surface area contributed by atoms with Crippen LogP contribution in [0.2, 0.25) is 0 Å². The van der Waals surface area contributed by atoms with Crippen LogP contribution in [-0.2, 0) is 0 Å². The Morgan fingerprint density at radius 1 is 1.40 bits per heavy atom. The average molecular weight is 212 g/mol. The molecule has 2 heteroatoms. The quantitative estimate of drug-likeness (QED) is 0.467. The number of nitrogens with zero attached hydrogens (tertiary/aromatic N) is 1. The van der Waals surface area contributed by atoms with Crippen LogP contribution in [0.25, 0.3) is 0 Å². The maximum absolute atomic E-state index is 3.98. The first-order valence-electron chi connectivity index (χ1n) is 6.20. The monoisotopic (exact) mass is 212 g/mol. The molecule has 0 bridgehead atoms. The minimum absolute atomic E-state index is 0.672. The van der Waals surface area contributed by atoms with E-state index < -0.39 is 0 Å². The summed E-state index contributed by atoms with van der Waals surface area (Å²) < 4.78 is 0. The zero-order chi connectivity index (χ0) is 11.7. The third-order valence-electron chi connectivity index (χ3n) is 2.73. The molecule has 0 fully saturated rings. The van der Waals surface area contributed by atoms with Gasteiger partial charge < -0.3 is 5.32 Å². The molecule has 0 aliphatic rings. The summed E-state index contributed by atoms with van der Waals surface area (Å²) in [7, 11) is 0. The molecule has 1 atom stereocenters. The second-order valence-corrected chi connectivity index (χ2v) is 4.37. The zero-order valence-electron chi connectivity index (χ0n) is 11.0. The van der Waals surface area contributed by atoms with Gasteiger partial charge in [-0.3, -0.25) is 4.90 Å². The van der Waals surface area contributed by atoms with Gasteiger partial charge >= 0.3 is 0 Å². The molecule has 1 unspecified atom stereocenters. The predicted octanol–water partition coefficient (Wildman–Crippen LogP) is 2.66. The Kier molecular flexibility index (Phi) is 8.73. The Hall–Kier alpha value is -0.340. The third-order valence-corrected chi connectivity index (χ3v) is 2.73. The summed E-state index contributed by atoms with van der Waals surface area (Å²) in [6, 6.07) is 0.672. The van der Waals surface area contributed by atoms with Crippen molar-refractivity contribution in [3.8, 4) is 0 Å². The molecule has 0 spiro atoms. The van der Waals surface area contributed by atoms with Crippen LogP contribution in [0.1, 0.15) is 40.5 Å². The first-order chi connectivity index (χ1) is 7.11. The normalized spacial score (nSPS) is 13.1. The van der Waals surface area contributed by atoms with Gasteiger partial charge in [0.15, 0.2) is 0 Å². The molecule has 0 aliphatic heterocycles. The van der Waals surface area contributed by atoms with Crippen molar-refractivity contribution in [1.29, 1.82) is 0 Å². The summed E-state index contributed by atoms with van der Waals surface area (Å²) in [5.74, 6) is 0. The van der Waals surface area contributed by atoms with E-state index in [4.69, 9.17) is 0 Å². The van der Waals surface area contributed by atoms with Gasteiger partial charge in [-0.1, -0.05) is 26.0 Å². The fourth-order valence-electron chi connectivity index (χ4n) is 1.81. The van der Waals surface area contributed by atoms with Gasteiger partial charge in [0.1, 0.15) is 0 Å². The standard InChI is InChI=1S/C13H28N2/c1-6-14-10-8-9-13(5)15(7-2)11-12(3)4/h13-14H,3,6-11H2,1-2,4-5H3. The molecule has 0 saturated heterocycles.